The van der Waals surface area contributed by atoms with E-state index >= 15 is 0 Å². The van der Waals surface area contributed by atoms with E-state index in [1.54, 1.807) is 12.4 Å². The Balaban J connectivity index is 2.17. The molecule has 2 rings (SSSR count). The quantitative estimate of drug-likeness (QED) is 0.879. The van der Waals surface area contributed by atoms with Crippen molar-refractivity contribution in [2.45, 2.75) is 6.61 Å². The van der Waals surface area contributed by atoms with E-state index in [-0.39, 0.29) is 0 Å². The van der Waals surface area contributed by atoms with Gasteiger partial charge in [0.2, 0.25) is 0 Å². The highest BCUT2D eigenvalue weighted by Crippen LogP contribution is 2.24. The van der Waals surface area contributed by atoms with Crippen molar-refractivity contribution in [3.8, 4) is 5.75 Å². The zero-order chi connectivity index (χ0) is 13.0. The van der Waals surface area contributed by atoms with E-state index < -0.39 is 0 Å². The lowest BCUT2D eigenvalue weighted by molar-refractivity contribution is 0.305. The third kappa shape index (κ3) is 3.27. The molecule has 3 nitrogen and oxygen atoms in total. The van der Waals surface area contributed by atoms with Gasteiger partial charge in [0.1, 0.15) is 17.3 Å². The number of halogens is 1. The van der Waals surface area contributed by atoms with Crippen molar-refractivity contribution >= 4 is 33.1 Å². The van der Waals surface area contributed by atoms with Gasteiger partial charge in [-0.15, -0.1) is 0 Å². The van der Waals surface area contributed by atoms with E-state index in [4.69, 9.17) is 22.7 Å². The highest BCUT2D eigenvalue weighted by molar-refractivity contribution is 9.10. The molecule has 0 saturated heterocycles. The number of hydrogen-bond acceptors (Lipinski definition) is 3. The first-order valence-corrected chi connectivity index (χ1v) is 6.48. The maximum atomic E-state index is 5.71. The van der Waals surface area contributed by atoms with Crippen molar-refractivity contribution < 1.29 is 4.74 Å². The molecule has 1 aromatic carbocycles. The predicted octanol–water partition coefficient (Wildman–Crippen LogP) is 3.06. The average Bonchev–Trinajstić information content (AvgIpc) is 2.38. The molecule has 0 saturated carbocycles. The average molecular weight is 323 g/mol. The molecule has 18 heavy (non-hydrogen) atoms. The molecule has 2 aromatic rings. The Labute approximate surface area is 119 Å². The van der Waals surface area contributed by atoms with Gasteiger partial charge in [0.05, 0.1) is 5.56 Å². The van der Waals surface area contributed by atoms with E-state index in [1.165, 1.54) is 0 Å². The van der Waals surface area contributed by atoms with Crippen LogP contribution in [0.15, 0.2) is 47.2 Å². The molecular weight excluding hydrogens is 312 g/mol. The number of thiocarbonyl (C=S) groups is 1. The second-order valence-electron chi connectivity index (χ2n) is 3.65. The molecule has 0 fully saturated rings. The van der Waals surface area contributed by atoms with E-state index in [0.717, 1.165) is 15.6 Å². The van der Waals surface area contributed by atoms with Crippen LogP contribution in [0, 0.1) is 0 Å². The van der Waals surface area contributed by atoms with Crippen LogP contribution in [0.1, 0.15) is 11.1 Å². The lowest BCUT2D eigenvalue weighted by Crippen LogP contribution is -2.11. The Kier molecular flexibility index (Phi) is 4.28. The Morgan fingerprint density at radius 3 is 2.89 bits per heavy atom. The fourth-order valence-electron chi connectivity index (χ4n) is 1.47. The maximum absolute atomic E-state index is 5.71. The summed E-state index contributed by atoms with van der Waals surface area (Å²) in [5.41, 5.74) is 7.39. The minimum Gasteiger partial charge on any atom is -0.488 e. The number of aromatic nitrogens is 1. The smallest absolute Gasteiger partial charge is 0.130 e. The van der Waals surface area contributed by atoms with Crippen LogP contribution >= 0.6 is 28.1 Å². The van der Waals surface area contributed by atoms with E-state index in [0.29, 0.717) is 17.3 Å². The molecule has 0 amide bonds. The zero-order valence-corrected chi connectivity index (χ0v) is 11.9. The van der Waals surface area contributed by atoms with Crippen molar-refractivity contribution in [1.29, 1.82) is 0 Å². The van der Waals surface area contributed by atoms with Gasteiger partial charge in [0, 0.05) is 22.4 Å². The molecule has 0 aliphatic rings. The first-order chi connectivity index (χ1) is 8.66. The van der Waals surface area contributed by atoms with Gasteiger partial charge < -0.3 is 10.5 Å². The Morgan fingerprint density at radius 2 is 2.22 bits per heavy atom. The monoisotopic (exact) mass is 322 g/mol. The molecule has 1 heterocycles. The van der Waals surface area contributed by atoms with E-state index in [1.807, 2.05) is 30.3 Å². The molecule has 0 aliphatic carbocycles. The molecule has 1 aromatic heterocycles. The molecule has 0 bridgehead atoms. The van der Waals surface area contributed by atoms with Crippen LogP contribution in [-0.4, -0.2) is 9.97 Å². The second-order valence-corrected chi connectivity index (χ2v) is 5.01. The van der Waals surface area contributed by atoms with Gasteiger partial charge in [0.15, 0.2) is 0 Å². The summed E-state index contributed by atoms with van der Waals surface area (Å²) in [5, 5.41) is 0. The number of nitrogens with zero attached hydrogens (tertiary/aromatic N) is 1. The zero-order valence-electron chi connectivity index (χ0n) is 9.47. The highest BCUT2D eigenvalue weighted by atomic mass is 79.9. The summed E-state index contributed by atoms with van der Waals surface area (Å²) in [6.07, 6.45) is 3.49. The summed E-state index contributed by atoms with van der Waals surface area (Å²) in [5.74, 6) is 0.676. The lowest BCUT2D eigenvalue weighted by atomic mass is 10.2. The molecule has 0 aliphatic heterocycles. The van der Waals surface area contributed by atoms with Crippen LogP contribution in [0.3, 0.4) is 0 Å². The Hall–Kier alpha value is -1.46. The highest BCUT2D eigenvalue weighted by Gasteiger charge is 2.07. The van der Waals surface area contributed by atoms with Gasteiger partial charge in [-0.3, -0.25) is 4.98 Å². The van der Waals surface area contributed by atoms with Crippen LogP contribution in [0.2, 0.25) is 0 Å². The summed E-state index contributed by atoms with van der Waals surface area (Å²) < 4.78 is 6.63. The van der Waals surface area contributed by atoms with Crippen molar-refractivity contribution in [2.75, 3.05) is 0 Å². The Morgan fingerprint density at radius 1 is 1.39 bits per heavy atom. The SMILES string of the molecule is NC(=S)c1cc(Br)ccc1OCc1cccnc1. The van der Waals surface area contributed by atoms with Crippen molar-refractivity contribution in [3.05, 3.63) is 58.3 Å². The van der Waals surface area contributed by atoms with Crippen LogP contribution in [0.5, 0.6) is 5.75 Å². The minimum absolute atomic E-state index is 0.317. The molecule has 0 unspecified atom stereocenters. The first kappa shape index (κ1) is 13.0. The molecule has 5 heteroatoms. The summed E-state index contributed by atoms with van der Waals surface area (Å²) in [6, 6.07) is 9.40. The summed E-state index contributed by atoms with van der Waals surface area (Å²) in [6.45, 7) is 0.436. The van der Waals surface area contributed by atoms with Crippen LogP contribution in [0.4, 0.5) is 0 Å². The Bertz CT molecular complexity index is 560. The lowest BCUT2D eigenvalue weighted by Gasteiger charge is -2.10. The predicted molar refractivity (Wildman–Crippen MR) is 78.6 cm³/mol. The molecule has 0 radical (unpaired) electrons. The second kappa shape index (κ2) is 5.93. The van der Waals surface area contributed by atoms with E-state index in [2.05, 4.69) is 20.9 Å². The normalized spacial score (nSPS) is 10.1. The summed E-state index contributed by atoms with van der Waals surface area (Å²) in [7, 11) is 0. The fraction of sp³-hybridized carbons (Fsp3) is 0.0769. The number of pyridine rings is 1. The first-order valence-electron chi connectivity index (χ1n) is 5.28. The van der Waals surface area contributed by atoms with Crippen molar-refractivity contribution in [1.82, 2.24) is 4.98 Å². The van der Waals surface area contributed by atoms with Gasteiger partial charge in [-0.25, -0.2) is 0 Å². The summed E-state index contributed by atoms with van der Waals surface area (Å²) in [4.78, 5) is 4.35. The standard InChI is InChI=1S/C13H11BrN2OS/c14-10-3-4-12(11(6-10)13(15)18)17-8-9-2-1-5-16-7-9/h1-7H,8H2,(H2,15,18). The maximum Gasteiger partial charge on any atom is 0.130 e. The molecule has 0 atom stereocenters. The molecule has 2 N–H and O–H groups in total. The van der Waals surface area contributed by atoms with Gasteiger partial charge in [-0.2, -0.15) is 0 Å². The molecular formula is C13H11BrN2OS. The van der Waals surface area contributed by atoms with Crippen LogP contribution < -0.4 is 10.5 Å². The van der Waals surface area contributed by atoms with Gasteiger partial charge in [-0.05, 0) is 24.3 Å². The third-order valence-corrected chi connectivity index (χ3v) is 3.04. The van der Waals surface area contributed by atoms with Crippen LogP contribution in [-0.2, 0) is 6.61 Å². The third-order valence-electron chi connectivity index (χ3n) is 2.32. The van der Waals surface area contributed by atoms with E-state index in [9.17, 15) is 0 Å². The fourth-order valence-corrected chi connectivity index (χ4v) is 1.99. The topological polar surface area (TPSA) is 48.1 Å². The number of rotatable bonds is 4. The largest absolute Gasteiger partial charge is 0.488 e. The summed E-state index contributed by atoms with van der Waals surface area (Å²) >= 11 is 8.38. The van der Waals surface area contributed by atoms with Crippen molar-refractivity contribution in [2.24, 2.45) is 5.73 Å². The van der Waals surface area contributed by atoms with Crippen molar-refractivity contribution in [3.63, 3.8) is 0 Å². The van der Waals surface area contributed by atoms with Gasteiger partial charge in [0.25, 0.3) is 0 Å². The number of ether oxygens (including phenoxy) is 1. The number of nitrogens with two attached hydrogens (primary N) is 1. The van der Waals surface area contributed by atoms with Gasteiger partial charge in [-0.1, -0.05) is 34.2 Å². The number of benzene rings is 1. The van der Waals surface area contributed by atoms with Crippen LogP contribution in [0.25, 0.3) is 0 Å². The van der Waals surface area contributed by atoms with Gasteiger partial charge >= 0.3 is 0 Å². The molecule has 92 valence electrons. The minimum atomic E-state index is 0.317. The number of hydrogen-bond donors (Lipinski definition) is 1. The molecule has 0 spiro atoms.